The van der Waals surface area contributed by atoms with Gasteiger partial charge < -0.3 is 33.9 Å². The lowest BCUT2D eigenvalue weighted by Gasteiger charge is -2.61. The summed E-state index contributed by atoms with van der Waals surface area (Å²) < 4.78 is 29.0. The molecule has 3 N–H and O–H groups in total. The van der Waals surface area contributed by atoms with Gasteiger partial charge in [-0.2, -0.15) is 17.0 Å². The molecule has 7 atom stereocenters. The van der Waals surface area contributed by atoms with Gasteiger partial charge in [0.1, 0.15) is 30.0 Å². The number of piperazine rings is 1. The minimum absolute atomic E-state index is 0.0120. The Bertz CT molecular complexity index is 1960. The van der Waals surface area contributed by atoms with E-state index in [1.54, 1.807) is 39.5 Å². The number of nitrogens with one attached hydrogen (secondary N) is 1. The third-order valence-electron chi connectivity index (χ3n) is 11.5. The zero-order valence-electron chi connectivity index (χ0n) is 32.4. The van der Waals surface area contributed by atoms with Crippen molar-refractivity contribution in [3.8, 4) is 34.8 Å². The molecule has 5 aliphatic rings. The molecule has 2 bridgehead atoms. The van der Waals surface area contributed by atoms with Gasteiger partial charge in [0.2, 0.25) is 6.79 Å². The number of carbonyl (C=O) groups excluding carboxylic acids is 3. The third-order valence-corrected chi connectivity index (χ3v) is 12.7. The number of nitrogens with zero attached hydrogens (tertiary/aromatic N) is 4. The summed E-state index contributed by atoms with van der Waals surface area (Å²) >= 11 is 1.60. The van der Waals surface area contributed by atoms with Crippen LogP contribution in [0.4, 0.5) is 9.59 Å². The lowest BCUT2D eigenvalue weighted by molar-refractivity contribution is -0.125. The van der Waals surface area contributed by atoms with Crippen LogP contribution in [0, 0.1) is 25.2 Å². The Kier molecular flexibility index (Phi) is 10.2. The monoisotopic (exact) mass is 779 g/mol. The van der Waals surface area contributed by atoms with Crippen molar-refractivity contribution in [1.29, 1.82) is 5.26 Å². The number of fused-ring (bicyclic) bond motifs is 9. The molecule has 55 heavy (non-hydrogen) atoms. The van der Waals surface area contributed by atoms with Crippen LogP contribution in [-0.4, -0.2) is 113 Å². The summed E-state index contributed by atoms with van der Waals surface area (Å²) in [7, 11) is 3.47. The molecule has 5 aliphatic heterocycles. The maximum atomic E-state index is 13.5. The Morgan fingerprint density at radius 2 is 1.84 bits per heavy atom. The standard InChI is InChI=1S/C39H49N5O10S/c1-9-55-35-27-26(34-33(52-17-53-34)19(3)30(27)45)24(16-51-37(48)41-36(47)21-11-10-12-43(21)38(49)54-39(4,5)6)44-23(15-40)22-14-20-13-18(2)32(50-8)31(46)25(20)28(29(35)44)42(22)7/h13,21-24,28-29,35,45-46H,9-12,14,16-17H2,1-8H3,(H,41,47,48)/t21-,22-,23-,24-,28-,29+,35+/m0/s1. The molecule has 0 aromatic heterocycles. The number of hydrogen-bond acceptors (Lipinski definition) is 14. The summed E-state index contributed by atoms with van der Waals surface area (Å²) in [5.74, 6) is 1.13. The fraction of sp³-hybridized carbons (Fsp3) is 0.590. The number of amides is 3. The molecule has 2 saturated heterocycles. The van der Waals surface area contributed by atoms with E-state index >= 15 is 0 Å². The van der Waals surface area contributed by atoms with Gasteiger partial charge in [-0.25, -0.2) is 9.59 Å². The highest BCUT2D eigenvalue weighted by atomic mass is 32.2. The van der Waals surface area contributed by atoms with E-state index in [4.69, 9.17) is 23.7 Å². The third kappa shape index (κ3) is 6.33. The van der Waals surface area contributed by atoms with Crippen LogP contribution in [0.2, 0.25) is 0 Å². The van der Waals surface area contributed by atoms with Crippen molar-refractivity contribution in [2.75, 3.05) is 39.9 Å². The van der Waals surface area contributed by atoms with Gasteiger partial charge >= 0.3 is 12.2 Å². The highest BCUT2D eigenvalue weighted by Gasteiger charge is 2.60. The van der Waals surface area contributed by atoms with Gasteiger partial charge in [0, 0.05) is 40.9 Å². The number of benzene rings is 2. The van der Waals surface area contributed by atoms with Gasteiger partial charge in [0.15, 0.2) is 23.0 Å². The van der Waals surface area contributed by atoms with Crippen LogP contribution in [0.15, 0.2) is 6.07 Å². The lowest BCUT2D eigenvalue weighted by atomic mass is 9.71. The summed E-state index contributed by atoms with van der Waals surface area (Å²) in [5, 5.41) is 36.8. The van der Waals surface area contributed by atoms with Gasteiger partial charge in [-0.15, -0.1) is 0 Å². The van der Waals surface area contributed by atoms with Crippen LogP contribution in [0.25, 0.3) is 0 Å². The molecule has 0 unspecified atom stereocenters. The number of ether oxygens (including phenoxy) is 5. The van der Waals surface area contributed by atoms with E-state index in [1.807, 2.05) is 31.9 Å². The molecule has 2 aromatic rings. The number of phenolic OH excluding ortho intramolecular Hbond substituents is 2. The average Bonchev–Trinajstić information content (AvgIpc) is 3.81. The SMILES string of the molecule is CCS[C@@H]1c2c(O)c(C)c3c(c2[C@H](COC(=O)NC(=O)[C@@H]2CCCN2C(=O)OC(C)(C)C)N2[C@@H]1[C@@H]1c4c(cc(C)c(OC)c4O)C[C@@H]([C@@H]2C#N)N1C)OCO3. The molecule has 0 saturated carbocycles. The van der Waals surface area contributed by atoms with Crippen molar-refractivity contribution in [1.82, 2.24) is 20.0 Å². The number of rotatable bonds is 6. The molecule has 0 radical (unpaired) electrons. The summed E-state index contributed by atoms with van der Waals surface area (Å²) in [6.45, 7) is 10.8. The summed E-state index contributed by atoms with van der Waals surface area (Å²) in [6, 6.07) is 0.735. The van der Waals surface area contributed by atoms with Crippen LogP contribution in [-0.2, 0) is 20.7 Å². The fourth-order valence-electron chi connectivity index (χ4n) is 9.31. The maximum Gasteiger partial charge on any atom is 0.413 e. The van der Waals surface area contributed by atoms with Gasteiger partial charge in [0.05, 0.1) is 30.5 Å². The molecule has 2 fully saturated rings. The molecule has 15 nitrogen and oxygen atoms in total. The summed E-state index contributed by atoms with van der Waals surface area (Å²) in [5.41, 5.74) is 3.23. The van der Waals surface area contributed by atoms with Gasteiger partial charge in [-0.1, -0.05) is 13.0 Å². The van der Waals surface area contributed by atoms with Crippen molar-refractivity contribution in [3.05, 3.63) is 39.4 Å². The predicted molar refractivity (Wildman–Crippen MR) is 200 cm³/mol. The first-order chi connectivity index (χ1) is 26.1. The highest BCUT2D eigenvalue weighted by Crippen LogP contribution is 2.63. The minimum Gasteiger partial charge on any atom is -0.507 e. The lowest BCUT2D eigenvalue weighted by Crippen LogP contribution is -2.69. The first-order valence-electron chi connectivity index (χ1n) is 18.6. The number of thioether (sulfide) groups is 1. The predicted octanol–water partition coefficient (Wildman–Crippen LogP) is 5.13. The molecule has 296 valence electrons. The van der Waals surface area contributed by atoms with Crippen LogP contribution < -0.4 is 19.5 Å². The van der Waals surface area contributed by atoms with Crippen molar-refractivity contribution in [3.63, 3.8) is 0 Å². The van der Waals surface area contributed by atoms with Gasteiger partial charge in [0.25, 0.3) is 5.91 Å². The number of methoxy groups -OCH3 is 1. The zero-order chi connectivity index (χ0) is 39.7. The second-order valence-electron chi connectivity index (χ2n) is 15.7. The Labute approximate surface area is 324 Å². The van der Waals surface area contributed by atoms with E-state index in [9.17, 15) is 29.9 Å². The molecule has 3 amide bonds. The molecule has 7 rings (SSSR count). The maximum absolute atomic E-state index is 13.5. The second kappa shape index (κ2) is 14.5. The Hall–Kier alpha value is -4.59. The number of hydrogen-bond donors (Lipinski definition) is 3. The number of likely N-dealkylation sites (tertiary alicyclic amines) is 1. The second-order valence-corrected chi connectivity index (χ2v) is 17.1. The largest absolute Gasteiger partial charge is 0.507 e. The minimum atomic E-state index is -1.03. The van der Waals surface area contributed by atoms with E-state index in [-0.39, 0.29) is 30.9 Å². The number of aromatic hydroxyl groups is 2. The number of carbonyl (C=O) groups is 3. The Morgan fingerprint density at radius 1 is 1.11 bits per heavy atom. The molecule has 0 aliphatic carbocycles. The molecule has 16 heteroatoms. The van der Waals surface area contributed by atoms with Crippen LogP contribution in [0.1, 0.15) is 91.3 Å². The van der Waals surface area contributed by atoms with Crippen molar-refractivity contribution in [2.24, 2.45) is 0 Å². The molecular weight excluding hydrogens is 731 g/mol. The van der Waals surface area contributed by atoms with Crippen LogP contribution in [0.5, 0.6) is 28.7 Å². The summed E-state index contributed by atoms with van der Waals surface area (Å²) in [6.07, 6.45) is -0.306. The number of likely N-dealkylation sites (N-methyl/N-ethyl adjacent to an activating group) is 1. The van der Waals surface area contributed by atoms with Crippen LogP contribution in [0.3, 0.4) is 0 Å². The fourth-order valence-corrected chi connectivity index (χ4v) is 10.6. The van der Waals surface area contributed by atoms with E-state index in [2.05, 4.69) is 16.3 Å². The quantitative estimate of drug-likeness (QED) is 0.351. The highest BCUT2D eigenvalue weighted by molar-refractivity contribution is 7.99. The van der Waals surface area contributed by atoms with Gasteiger partial charge in [-0.05, 0) is 77.8 Å². The number of aryl methyl sites for hydroxylation is 1. The van der Waals surface area contributed by atoms with E-state index in [1.165, 1.54) is 12.0 Å². The molecule has 5 heterocycles. The summed E-state index contributed by atoms with van der Waals surface area (Å²) in [4.78, 5) is 45.3. The van der Waals surface area contributed by atoms with Crippen molar-refractivity contribution in [2.45, 2.75) is 108 Å². The van der Waals surface area contributed by atoms with Gasteiger partial charge in [-0.3, -0.25) is 24.8 Å². The van der Waals surface area contributed by atoms with E-state index < -0.39 is 59.2 Å². The van der Waals surface area contributed by atoms with E-state index in [0.717, 1.165) is 11.1 Å². The Balaban J connectivity index is 1.30. The number of phenols is 2. The zero-order valence-corrected chi connectivity index (χ0v) is 33.2. The average molecular weight is 780 g/mol. The molecule has 2 aromatic carbocycles. The first kappa shape index (κ1) is 38.7. The van der Waals surface area contributed by atoms with Crippen molar-refractivity contribution >= 4 is 29.9 Å². The Morgan fingerprint density at radius 3 is 2.51 bits per heavy atom. The molecular formula is C39H49N5O10S. The van der Waals surface area contributed by atoms with Crippen LogP contribution >= 0.6 is 11.8 Å². The number of alkyl carbamates (subject to hydrolysis) is 1. The van der Waals surface area contributed by atoms with E-state index in [0.29, 0.717) is 71.1 Å². The van der Waals surface area contributed by atoms with Crippen molar-refractivity contribution < 1.29 is 48.3 Å². The molecule has 0 spiro atoms. The first-order valence-corrected chi connectivity index (χ1v) is 19.7. The topological polar surface area (TPSA) is 183 Å². The smallest absolute Gasteiger partial charge is 0.413 e. The normalized spacial score (nSPS) is 26.7. The number of imide groups is 1. The number of nitriles is 1.